The number of methoxy groups -OCH3 is 2. The Kier molecular flexibility index (Phi) is 6.01. The van der Waals surface area contributed by atoms with E-state index in [4.69, 9.17) is 9.47 Å². The lowest BCUT2D eigenvalue weighted by Crippen LogP contribution is -2.50. The van der Waals surface area contributed by atoms with Gasteiger partial charge in [0.1, 0.15) is 11.5 Å². The van der Waals surface area contributed by atoms with E-state index in [0.717, 1.165) is 43.1 Å². The molecule has 2 aliphatic rings. The van der Waals surface area contributed by atoms with Gasteiger partial charge in [0.15, 0.2) is 0 Å². The molecule has 0 radical (unpaired) electrons. The molecule has 1 saturated heterocycles. The van der Waals surface area contributed by atoms with Crippen molar-refractivity contribution in [3.8, 4) is 11.5 Å². The lowest BCUT2D eigenvalue weighted by Gasteiger charge is -2.42. The predicted molar refractivity (Wildman–Crippen MR) is 97.8 cm³/mol. The van der Waals surface area contributed by atoms with Crippen molar-refractivity contribution in [2.75, 3.05) is 40.4 Å². The SMILES string of the molecule is COc1ccc(CN2CCN([C@@H]3CCC[C@@H](C)C3)CC2)c(OC)c1. The predicted octanol–water partition coefficient (Wildman–Crippen LogP) is 3.40. The molecule has 0 aromatic heterocycles. The molecule has 24 heavy (non-hydrogen) atoms. The Morgan fingerprint density at radius 1 is 1.04 bits per heavy atom. The van der Waals surface area contributed by atoms with Crippen molar-refractivity contribution >= 4 is 0 Å². The molecule has 1 aliphatic heterocycles. The molecule has 134 valence electrons. The molecule has 0 spiro atoms. The lowest BCUT2D eigenvalue weighted by atomic mass is 9.86. The second-order valence-electron chi connectivity index (χ2n) is 7.42. The highest BCUT2D eigenvalue weighted by atomic mass is 16.5. The zero-order valence-corrected chi connectivity index (χ0v) is 15.5. The standard InChI is InChI=1S/C20H32N2O2/c1-16-5-4-6-18(13-16)22-11-9-21(10-12-22)15-17-7-8-19(23-2)14-20(17)24-3/h7-8,14,16,18H,4-6,9-13,15H2,1-3H3/t16-,18-/m1/s1. The highest BCUT2D eigenvalue weighted by molar-refractivity contribution is 5.40. The van der Waals surface area contributed by atoms with E-state index < -0.39 is 0 Å². The first-order chi connectivity index (χ1) is 11.7. The van der Waals surface area contributed by atoms with Crippen LogP contribution < -0.4 is 9.47 Å². The van der Waals surface area contributed by atoms with Crippen LogP contribution in [0.4, 0.5) is 0 Å². The third-order valence-electron chi connectivity index (χ3n) is 5.72. The van der Waals surface area contributed by atoms with E-state index in [1.165, 1.54) is 44.3 Å². The maximum Gasteiger partial charge on any atom is 0.127 e. The first-order valence-electron chi connectivity index (χ1n) is 9.37. The minimum atomic E-state index is 0.825. The quantitative estimate of drug-likeness (QED) is 0.825. The fraction of sp³-hybridized carbons (Fsp3) is 0.700. The van der Waals surface area contributed by atoms with Crippen molar-refractivity contribution < 1.29 is 9.47 Å². The van der Waals surface area contributed by atoms with Gasteiger partial charge >= 0.3 is 0 Å². The Labute approximate surface area is 146 Å². The molecule has 2 fully saturated rings. The summed E-state index contributed by atoms with van der Waals surface area (Å²) < 4.78 is 10.8. The van der Waals surface area contributed by atoms with Crippen molar-refractivity contribution in [1.82, 2.24) is 9.80 Å². The van der Waals surface area contributed by atoms with Crippen molar-refractivity contribution in [3.05, 3.63) is 23.8 Å². The first kappa shape index (κ1) is 17.6. The second-order valence-corrected chi connectivity index (χ2v) is 7.42. The number of piperazine rings is 1. The molecule has 2 atom stereocenters. The molecule has 0 amide bonds. The Balaban J connectivity index is 1.54. The zero-order chi connectivity index (χ0) is 16.9. The molecular formula is C20H32N2O2. The van der Waals surface area contributed by atoms with E-state index >= 15 is 0 Å². The summed E-state index contributed by atoms with van der Waals surface area (Å²) in [6, 6.07) is 6.96. The van der Waals surface area contributed by atoms with Crippen LogP contribution in [0, 0.1) is 5.92 Å². The Hall–Kier alpha value is -1.26. The molecule has 0 unspecified atom stereocenters. The fourth-order valence-corrected chi connectivity index (χ4v) is 4.24. The van der Waals surface area contributed by atoms with Crippen LogP contribution in [-0.4, -0.2) is 56.2 Å². The van der Waals surface area contributed by atoms with Gasteiger partial charge in [0.25, 0.3) is 0 Å². The summed E-state index contributed by atoms with van der Waals surface area (Å²) in [5, 5.41) is 0. The molecule has 1 heterocycles. The number of rotatable bonds is 5. The van der Waals surface area contributed by atoms with Gasteiger partial charge in [-0.15, -0.1) is 0 Å². The summed E-state index contributed by atoms with van der Waals surface area (Å²) in [6.07, 6.45) is 5.63. The van der Waals surface area contributed by atoms with E-state index in [0.29, 0.717) is 0 Å². The van der Waals surface area contributed by atoms with E-state index in [-0.39, 0.29) is 0 Å². The van der Waals surface area contributed by atoms with Crippen LogP contribution in [0.3, 0.4) is 0 Å². The molecule has 1 aromatic carbocycles. The summed E-state index contributed by atoms with van der Waals surface area (Å²) in [5.74, 6) is 2.69. The third-order valence-corrected chi connectivity index (χ3v) is 5.72. The monoisotopic (exact) mass is 332 g/mol. The highest BCUT2D eigenvalue weighted by Crippen LogP contribution is 2.29. The van der Waals surface area contributed by atoms with Gasteiger partial charge in [0, 0.05) is 50.4 Å². The topological polar surface area (TPSA) is 24.9 Å². The van der Waals surface area contributed by atoms with Crippen LogP contribution in [0.1, 0.15) is 38.2 Å². The van der Waals surface area contributed by atoms with Gasteiger partial charge in [-0.2, -0.15) is 0 Å². The lowest BCUT2D eigenvalue weighted by molar-refractivity contribution is 0.0656. The number of hydrogen-bond donors (Lipinski definition) is 0. The molecule has 1 aliphatic carbocycles. The summed E-state index contributed by atoms with van der Waals surface area (Å²) in [4.78, 5) is 5.28. The van der Waals surface area contributed by atoms with Crippen molar-refractivity contribution in [2.24, 2.45) is 5.92 Å². The Bertz CT molecular complexity index is 526. The molecule has 0 N–H and O–H groups in total. The fourth-order valence-electron chi connectivity index (χ4n) is 4.24. The van der Waals surface area contributed by atoms with Crippen molar-refractivity contribution in [3.63, 3.8) is 0 Å². The van der Waals surface area contributed by atoms with E-state index in [9.17, 15) is 0 Å². The average Bonchev–Trinajstić information content (AvgIpc) is 2.62. The summed E-state index contributed by atoms with van der Waals surface area (Å²) in [6.45, 7) is 8.09. The number of hydrogen-bond acceptors (Lipinski definition) is 4. The summed E-state index contributed by atoms with van der Waals surface area (Å²) >= 11 is 0. The van der Waals surface area contributed by atoms with Crippen molar-refractivity contribution in [2.45, 2.75) is 45.2 Å². The molecule has 4 heteroatoms. The maximum atomic E-state index is 5.54. The number of ether oxygens (including phenoxy) is 2. The van der Waals surface area contributed by atoms with Gasteiger partial charge in [0.05, 0.1) is 14.2 Å². The molecule has 0 bridgehead atoms. The Morgan fingerprint density at radius 3 is 2.50 bits per heavy atom. The molecule has 1 aromatic rings. The van der Waals surface area contributed by atoms with Crippen LogP contribution in [0.5, 0.6) is 11.5 Å². The minimum Gasteiger partial charge on any atom is -0.497 e. The van der Waals surface area contributed by atoms with E-state index in [2.05, 4.69) is 22.8 Å². The van der Waals surface area contributed by atoms with Gasteiger partial charge in [-0.1, -0.05) is 25.8 Å². The largest absolute Gasteiger partial charge is 0.497 e. The normalized spacial score (nSPS) is 26.3. The second kappa shape index (κ2) is 8.21. The van der Waals surface area contributed by atoms with Crippen LogP contribution >= 0.6 is 0 Å². The summed E-state index contributed by atoms with van der Waals surface area (Å²) in [7, 11) is 3.43. The van der Waals surface area contributed by atoms with E-state index in [1.807, 2.05) is 12.1 Å². The van der Waals surface area contributed by atoms with Gasteiger partial charge in [-0.05, 0) is 24.8 Å². The van der Waals surface area contributed by atoms with E-state index in [1.54, 1.807) is 14.2 Å². The molecule has 1 saturated carbocycles. The number of benzene rings is 1. The smallest absolute Gasteiger partial charge is 0.127 e. The third kappa shape index (κ3) is 4.22. The zero-order valence-electron chi connectivity index (χ0n) is 15.5. The van der Waals surface area contributed by atoms with Crippen molar-refractivity contribution in [1.29, 1.82) is 0 Å². The van der Waals surface area contributed by atoms with Crippen LogP contribution in [0.2, 0.25) is 0 Å². The minimum absolute atomic E-state index is 0.825. The molecule has 4 nitrogen and oxygen atoms in total. The highest BCUT2D eigenvalue weighted by Gasteiger charge is 2.27. The molecule has 3 rings (SSSR count). The number of nitrogens with zero attached hydrogens (tertiary/aromatic N) is 2. The average molecular weight is 332 g/mol. The van der Waals surface area contributed by atoms with Gasteiger partial charge < -0.3 is 9.47 Å². The first-order valence-corrected chi connectivity index (χ1v) is 9.37. The van der Waals surface area contributed by atoms with Gasteiger partial charge in [-0.25, -0.2) is 0 Å². The van der Waals surface area contributed by atoms with Crippen LogP contribution in [0.25, 0.3) is 0 Å². The van der Waals surface area contributed by atoms with Gasteiger partial charge in [-0.3, -0.25) is 9.80 Å². The van der Waals surface area contributed by atoms with Crippen LogP contribution in [-0.2, 0) is 6.54 Å². The van der Waals surface area contributed by atoms with Gasteiger partial charge in [0.2, 0.25) is 0 Å². The Morgan fingerprint density at radius 2 is 1.83 bits per heavy atom. The maximum absolute atomic E-state index is 5.54. The van der Waals surface area contributed by atoms with Crippen LogP contribution in [0.15, 0.2) is 18.2 Å². The summed E-state index contributed by atoms with van der Waals surface area (Å²) in [5.41, 5.74) is 1.25. The molecular weight excluding hydrogens is 300 g/mol.